The van der Waals surface area contributed by atoms with Gasteiger partial charge in [-0.25, -0.2) is 4.98 Å². The Morgan fingerprint density at radius 1 is 1.57 bits per heavy atom. The Balaban J connectivity index is 3.08. The molecule has 6 heteroatoms. The molecule has 2 atom stereocenters. The van der Waals surface area contributed by atoms with E-state index >= 15 is 0 Å². The Kier molecular flexibility index (Phi) is 2.96. The number of hydrogen-bond acceptors (Lipinski definition) is 5. The average molecular weight is 194 g/mol. The van der Waals surface area contributed by atoms with E-state index in [1.165, 1.54) is 13.1 Å². The number of rotatable bonds is 2. The van der Waals surface area contributed by atoms with Crippen molar-refractivity contribution in [2.75, 3.05) is 5.73 Å². The predicted molar refractivity (Wildman–Crippen MR) is 49.3 cm³/mol. The number of nitrogens with zero attached hydrogens (tertiary/aromatic N) is 3. The summed E-state index contributed by atoms with van der Waals surface area (Å²) in [5.41, 5.74) is 5.48. The van der Waals surface area contributed by atoms with Gasteiger partial charge in [0.15, 0.2) is 5.69 Å². The van der Waals surface area contributed by atoms with Gasteiger partial charge in [-0.2, -0.15) is 0 Å². The van der Waals surface area contributed by atoms with Crippen LogP contribution in [0.3, 0.4) is 0 Å². The molecule has 0 fully saturated rings. The fourth-order valence-corrected chi connectivity index (χ4v) is 0.874. The molecule has 0 bridgehead atoms. The van der Waals surface area contributed by atoms with E-state index in [1.54, 1.807) is 0 Å². The number of aromatic nitrogens is 2. The molecule has 0 unspecified atom stereocenters. The van der Waals surface area contributed by atoms with E-state index in [0.717, 1.165) is 0 Å². The molecule has 1 heterocycles. The molecule has 1 rings (SSSR count). The summed E-state index contributed by atoms with van der Waals surface area (Å²) in [6.45, 7) is 8.14. The van der Waals surface area contributed by atoms with Crippen LogP contribution in [0, 0.1) is 6.57 Å². The van der Waals surface area contributed by atoms with Crippen molar-refractivity contribution in [2.45, 2.75) is 19.1 Å². The molecule has 1 aromatic rings. The van der Waals surface area contributed by atoms with E-state index < -0.39 is 12.2 Å². The van der Waals surface area contributed by atoms with Crippen molar-refractivity contribution in [2.24, 2.45) is 0 Å². The number of nitrogens with two attached hydrogens (primary N) is 1. The maximum Gasteiger partial charge on any atom is 0.312 e. The summed E-state index contributed by atoms with van der Waals surface area (Å²) >= 11 is 0. The van der Waals surface area contributed by atoms with E-state index in [-0.39, 0.29) is 17.3 Å². The molecule has 0 radical (unpaired) electrons. The minimum absolute atomic E-state index is 0.0153. The van der Waals surface area contributed by atoms with Crippen LogP contribution in [-0.4, -0.2) is 26.3 Å². The lowest BCUT2D eigenvalue weighted by atomic mass is 10.2. The second kappa shape index (κ2) is 4.00. The zero-order valence-corrected chi connectivity index (χ0v) is 7.55. The average Bonchev–Trinajstić information content (AvgIpc) is 2.17. The minimum Gasteiger partial charge on any atom is -0.391 e. The van der Waals surface area contributed by atoms with E-state index in [0.29, 0.717) is 0 Å². The van der Waals surface area contributed by atoms with E-state index in [9.17, 15) is 5.11 Å². The second-order valence-electron chi connectivity index (χ2n) is 2.80. The highest BCUT2D eigenvalue weighted by Crippen LogP contribution is 2.20. The van der Waals surface area contributed by atoms with Crippen molar-refractivity contribution in [3.8, 4) is 0 Å². The molecule has 0 aliphatic heterocycles. The highest BCUT2D eigenvalue weighted by molar-refractivity contribution is 5.56. The molecule has 0 amide bonds. The summed E-state index contributed by atoms with van der Waals surface area (Å²) < 4.78 is 0. The Morgan fingerprint density at radius 2 is 2.21 bits per heavy atom. The van der Waals surface area contributed by atoms with Crippen LogP contribution in [0.2, 0.25) is 0 Å². The minimum atomic E-state index is -1.15. The summed E-state index contributed by atoms with van der Waals surface area (Å²) in [6.07, 6.45) is -0.878. The molecule has 0 saturated heterocycles. The van der Waals surface area contributed by atoms with Crippen LogP contribution in [0.25, 0.3) is 4.85 Å². The number of aliphatic hydroxyl groups excluding tert-OH is 2. The van der Waals surface area contributed by atoms with Gasteiger partial charge in [0.1, 0.15) is 11.9 Å². The lowest BCUT2D eigenvalue weighted by molar-refractivity contribution is 0.0277. The smallest absolute Gasteiger partial charge is 0.312 e. The molecule has 14 heavy (non-hydrogen) atoms. The van der Waals surface area contributed by atoms with Gasteiger partial charge in [-0.05, 0) is 6.92 Å². The third-order valence-corrected chi connectivity index (χ3v) is 1.67. The van der Waals surface area contributed by atoms with Gasteiger partial charge in [0.2, 0.25) is 0 Å². The summed E-state index contributed by atoms with van der Waals surface area (Å²) in [6, 6.07) is 0. The summed E-state index contributed by atoms with van der Waals surface area (Å²) in [4.78, 5) is 10.5. The summed E-state index contributed by atoms with van der Waals surface area (Å²) in [7, 11) is 0. The molecular weight excluding hydrogens is 184 g/mol. The van der Waals surface area contributed by atoms with Gasteiger partial charge < -0.3 is 20.8 Å². The van der Waals surface area contributed by atoms with E-state index in [2.05, 4.69) is 14.8 Å². The lowest BCUT2D eigenvalue weighted by Gasteiger charge is -2.09. The van der Waals surface area contributed by atoms with Crippen LogP contribution in [-0.2, 0) is 0 Å². The first-order chi connectivity index (χ1) is 6.56. The molecule has 0 aliphatic rings. The van der Waals surface area contributed by atoms with Crippen molar-refractivity contribution in [1.29, 1.82) is 0 Å². The Bertz CT molecular complexity index is 372. The van der Waals surface area contributed by atoms with Crippen molar-refractivity contribution in [1.82, 2.24) is 9.97 Å². The number of aliphatic hydroxyl groups is 2. The lowest BCUT2D eigenvalue weighted by Crippen LogP contribution is -2.15. The largest absolute Gasteiger partial charge is 0.391 e. The Morgan fingerprint density at radius 3 is 2.71 bits per heavy atom. The fourth-order valence-electron chi connectivity index (χ4n) is 0.874. The van der Waals surface area contributed by atoms with Crippen molar-refractivity contribution < 1.29 is 10.2 Å². The predicted octanol–water partition coefficient (Wildman–Crippen LogP) is 0.0238. The van der Waals surface area contributed by atoms with Gasteiger partial charge in [-0.15, -0.1) is 4.98 Å². The maximum absolute atomic E-state index is 9.41. The van der Waals surface area contributed by atoms with Gasteiger partial charge in [0.05, 0.1) is 12.3 Å². The Hall–Kier alpha value is -1.71. The quantitative estimate of drug-likeness (QED) is 0.577. The van der Waals surface area contributed by atoms with E-state index in [1.807, 2.05) is 0 Å². The fraction of sp³-hybridized carbons (Fsp3) is 0.375. The van der Waals surface area contributed by atoms with Gasteiger partial charge >= 0.3 is 5.82 Å². The zero-order chi connectivity index (χ0) is 10.7. The first kappa shape index (κ1) is 10.4. The summed E-state index contributed by atoms with van der Waals surface area (Å²) in [5, 5.41) is 18.5. The van der Waals surface area contributed by atoms with Gasteiger partial charge in [-0.1, -0.05) is 6.57 Å². The molecule has 0 spiro atoms. The molecule has 74 valence electrons. The second-order valence-corrected chi connectivity index (χ2v) is 2.80. The standard InChI is InChI=1S/C8H10N4O2/c1-4(13)6(14)5-3-11-7(9)8(10-2)12-5/h3-4,6,13-14H,1H3,(H2,9,11)/t4-,6-/m0/s1. The Labute approximate surface area is 80.9 Å². The molecule has 4 N–H and O–H groups in total. The van der Waals surface area contributed by atoms with Crippen molar-refractivity contribution in [3.63, 3.8) is 0 Å². The van der Waals surface area contributed by atoms with Crippen LogP contribution >= 0.6 is 0 Å². The molecule has 1 aromatic heterocycles. The highest BCUT2D eigenvalue weighted by Gasteiger charge is 2.20. The van der Waals surface area contributed by atoms with Crippen molar-refractivity contribution >= 4 is 11.6 Å². The SMILES string of the molecule is [C-]#[N+]c1nc([C@@H](O)[C@H](C)O)cnc1N. The van der Waals surface area contributed by atoms with Crippen LogP contribution < -0.4 is 5.73 Å². The molecule has 0 aliphatic carbocycles. The van der Waals surface area contributed by atoms with Crippen LogP contribution in [0.1, 0.15) is 18.7 Å². The summed E-state index contributed by atoms with van der Waals surface area (Å²) in [5.74, 6) is -0.0521. The van der Waals surface area contributed by atoms with Crippen molar-refractivity contribution in [3.05, 3.63) is 23.3 Å². The van der Waals surface area contributed by atoms with Crippen LogP contribution in [0.15, 0.2) is 6.20 Å². The first-order valence-electron chi connectivity index (χ1n) is 3.92. The number of hydrogen-bond donors (Lipinski definition) is 3. The van der Waals surface area contributed by atoms with Gasteiger partial charge in [0, 0.05) is 0 Å². The van der Waals surface area contributed by atoms with E-state index in [4.69, 9.17) is 17.4 Å². The zero-order valence-electron chi connectivity index (χ0n) is 7.55. The molecular formula is C8H10N4O2. The van der Waals surface area contributed by atoms with Crippen LogP contribution in [0.4, 0.5) is 11.6 Å². The topological polar surface area (TPSA) is 96.6 Å². The third kappa shape index (κ3) is 1.96. The van der Waals surface area contributed by atoms with Gasteiger partial charge in [0.25, 0.3) is 0 Å². The normalized spacial score (nSPS) is 14.4. The maximum atomic E-state index is 9.41. The third-order valence-electron chi connectivity index (χ3n) is 1.67. The number of anilines is 1. The number of nitrogen functional groups attached to an aromatic ring is 1. The molecule has 0 aromatic carbocycles. The monoisotopic (exact) mass is 194 g/mol. The molecule has 0 saturated carbocycles. The highest BCUT2D eigenvalue weighted by atomic mass is 16.3. The first-order valence-corrected chi connectivity index (χ1v) is 3.92. The van der Waals surface area contributed by atoms with Gasteiger partial charge in [-0.3, -0.25) is 0 Å². The van der Waals surface area contributed by atoms with Crippen LogP contribution in [0.5, 0.6) is 0 Å². The molecule has 6 nitrogen and oxygen atoms in total.